The van der Waals surface area contributed by atoms with E-state index in [0.717, 1.165) is 50.9 Å². The lowest BCUT2D eigenvalue weighted by atomic mass is 9.84. The van der Waals surface area contributed by atoms with E-state index in [-0.39, 0.29) is 0 Å². The monoisotopic (exact) mass is 399 g/mol. The van der Waals surface area contributed by atoms with E-state index in [4.69, 9.17) is 9.90 Å². The van der Waals surface area contributed by atoms with Crippen molar-refractivity contribution in [3.8, 4) is 0 Å². The molecule has 2 aromatic rings. The molecule has 154 valence electrons. The third-order valence-electron chi connectivity index (χ3n) is 4.73. The number of hydrogen-bond donors (Lipinski definition) is 3. The van der Waals surface area contributed by atoms with E-state index in [1.807, 2.05) is 42.7 Å². The van der Waals surface area contributed by atoms with Gasteiger partial charge in [-0.2, -0.15) is 18.3 Å². The van der Waals surface area contributed by atoms with E-state index in [1.165, 1.54) is 5.56 Å². The Bertz CT molecular complexity index is 713. The van der Waals surface area contributed by atoms with Crippen LogP contribution in [0.1, 0.15) is 30.4 Å². The molecule has 3 rings (SSSR count). The van der Waals surface area contributed by atoms with Gasteiger partial charge in [0.1, 0.15) is 0 Å². The van der Waals surface area contributed by atoms with Crippen molar-refractivity contribution in [2.75, 3.05) is 19.6 Å². The highest BCUT2D eigenvalue weighted by Crippen LogP contribution is 2.32. The van der Waals surface area contributed by atoms with E-state index in [1.54, 1.807) is 0 Å². The van der Waals surface area contributed by atoms with Crippen molar-refractivity contribution >= 4 is 5.97 Å². The largest absolute Gasteiger partial charge is 0.490 e. The number of hydrogen-bond acceptors (Lipinski definition) is 4. The molecule has 0 amide bonds. The SMILES string of the molecule is O=C(O)C(F)(F)F.OC1(c2ccccc2)CCN(CCCc2cn[nH]c2)CC1. The van der Waals surface area contributed by atoms with E-state index in [9.17, 15) is 18.3 Å². The van der Waals surface area contributed by atoms with E-state index in [0.29, 0.717) is 0 Å². The van der Waals surface area contributed by atoms with E-state index >= 15 is 0 Å². The number of aryl methyl sites for hydroxylation is 1. The number of benzene rings is 1. The summed E-state index contributed by atoms with van der Waals surface area (Å²) in [6.45, 7) is 3.03. The van der Waals surface area contributed by atoms with Crippen molar-refractivity contribution in [1.82, 2.24) is 15.1 Å². The first-order valence-corrected chi connectivity index (χ1v) is 8.99. The molecule has 0 unspecified atom stereocenters. The lowest BCUT2D eigenvalue weighted by Gasteiger charge is -2.38. The fourth-order valence-corrected chi connectivity index (χ4v) is 3.10. The average Bonchev–Trinajstić information content (AvgIpc) is 3.17. The van der Waals surface area contributed by atoms with Gasteiger partial charge in [-0.25, -0.2) is 4.79 Å². The number of alkyl halides is 3. The molecule has 0 atom stereocenters. The number of likely N-dealkylation sites (tertiary alicyclic amines) is 1. The number of nitrogens with one attached hydrogen (secondary N) is 1. The maximum absolute atomic E-state index is 10.8. The van der Waals surface area contributed by atoms with Crippen LogP contribution < -0.4 is 0 Å². The van der Waals surface area contributed by atoms with Crippen molar-refractivity contribution in [2.24, 2.45) is 0 Å². The molecule has 2 heterocycles. The molecule has 28 heavy (non-hydrogen) atoms. The predicted octanol–water partition coefficient (Wildman–Crippen LogP) is 2.96. The quantitative estimate of drug-likeness (QED) is 0.719. The number of aliphatic hydroxyl groups is 1. The zero-order chi connectivity index (χ0) is 20.6. The summed E-state index contributed by atoms with van der Waals surface area (Å²) < 4.78 is 31.7. The minimum Gasteiger partial charge on any atom is -0.475 e. The lowest BCUT2D eigenvalue weighted by Crippen LogP contribution is -2.42. The molecule has 3 N–H and O–H groups in total. The smallest absolute Gasteiger partial charge is 0.475 e. The minimum absolute atomic E-state index is 0.637. The number of aromatic nitrogens is 2. The third kappa shape index (κ3) is 6.65. The van der Waals surface area contributed by atoms with Gasteiger partial charge in [-0.15, -0.1) is 0 Å². The van der Waals surface area contributed by atoms with Crippen molar-refractivity contribution in [2.45, 2.75) is 37.5 Å². The second-order valence-corrected chi connectivity index (χ2v) is 6.75. The first kappa shape index (κ1) is 21.9. The van der Waals surface area contributed by atoms with Gasteiger partial charge in [0.25, 0.3) is 0 Å². The molecular formula is C19H24F3N3O3. The van der Waals surface area contributed by atoms with Crippen molar-refractivity contribution in [3.63, 3.8) is 0 Å². The summed E-state index contributed by atoms with van der Waals surface area (Å²) in [5.74, 6) is -2.76. The Morgan fingerprint density at radius 2 is 1.82 bits per heavy atom. The van der Waals surface area contributed by atoms with Gasteiger partial charge in [-0.1, -0.05) is 30.3 Å². The van der Waals surface area contributed by atoms with Crippen molar-refractivity contribution in [3.05, 3.63) is 53.9 Å². The number of carbonyl (C=O) groups is 1. The Hall–Kier alpha value is -2.39. The van der Waals surface area contributed by atoms with Gasteiger partial charge in [0, 0.05) is 19.3 Å². The summed E-state index contributed by atoms with van der Waals surface area (Å²) >= 11 is 0. The Balaban J connectivity index is 0.000000345. The average molecular weight is 399 g/mol. The Kier molecular flexibility index (Phi) is 7.59. The highest BCUT2D eigenvalue weighted by Gasteiger charge is 2.38. The summed E-state index contributed by atoms with van der Waals surface area (Å²) in [5, 5.41) is 24.7. The molecule has 0 spiro atoms. The summed E-state index contributed by atoms with van der Waals surface area (Å²) in [4.78, 5) is 11.4. The van der Waals surface area contributed by atoms with Crippen LogP contribution in [0.15, 0.2) is 42.7 Å². The second-order valence-electron chi connectivity index (χ2n) is 6.75. The first-order valence-electron chi connectivity index (χ1n) is 8.99. The molecule has 6 nitrogen and oxygen atoms in total. The predicted molar refractivity (Wildman–Crippen MR) is 96.6 cm³/mol. The van der Waals surface area contributed by atoms with Gasteiger partial charge >= 0.3 is 12.1 Å². The highest BCUT2D eigenvalue weighted by molar-refractivity contribution is 5.73. The number of aliphatic carboxylic acids is 1. The molecule has 1 aliphatic rings. The van der Waals surface area contributed by atoms with E-state index in [2.05, 4.69) is 15.1 Å². The Labute approximate surface area is 161 Å². The summed E-state index contributed by atoms with van der Waals surface area (Å²) in [7, 11) is 0. The normalized spacial score (nSPS) is 16.9. The van der Waals surface area contributed by atoms with Gasteiger partial charge < -0.3 is 15.1 Å². The molecule has 1 saturated heterocycles. The number of rotatable bonds is 5. The molecule has 0 radical (unpaired) electrons. The van der Waals surface area contributed by atoms with Gasteiger partial charge in [0.2, 0.25) is 0 Å². The van der Waals surface area contributed by atoms with Crippen molar-refractivity contribution < 1.29 is 28.2 Å². The summed E-state index contributed by atoms with van der Waals surface area (Å²) in [6, 6.07) is 10.1. The fraction of sp³-hybridized carbons (Fsp3) is 0.474. The second kappa shape index (κ2) is 9.70. The fourth-order valence-electron chi connectivity index (χ4n) is 3.10. The highest BCUT2D eigenvalue weighted by atomic mass is 19.4. The molecule has 1 fully saturated rings. The molecular weight excluding hydrogens is 375 g/mol. The number of halogens is 3. The van der Waals surface area contributed by atoms with Gasteiger partial charge in [0.15, 0.2) is 0 Å². The maximum atomic E-state index is 10.8. The number of H-pyrrole nitrogens is 1. The standard InChI is InChI=1S/C17H23N3O.C2HF3O2/c21-17(16-6-2-1-3-7-16)8-11-20(12-9-17)10-4-5-15-13-18-19-14-15;3-2(4,5)1(6)7/h1-3,6-7,13-14,21H,4-5,8-12H2,(H,18,19);(H,6,7). The van der Waals surface area contributed by atoms with E-state index < -0.39 is 17.7 Å². The zero-order valence-electron chi connectivity index (χ0n) is 15.3. The van der Waals surface area contributed by atoms with Crippen LogP contribution in [0.3, 0.4) is 0 Å². The Morgan fingerprint density at radius 3 is 2.32 bits per heavy atom. The number of carboxylic acids is 1. The van der Waals surface area contributed by atoms with Crippen LogP contribution in [0.2, 0.25) is 0 Å². The van der Waals surface area contributed by atoms with Crippen molar-refractivity contribution in [1.29, 1.82) is 0 Å². The molecule has 1 aromatic carbocycles. The van der Waals surface area contributed by atoms with Crippen LogP contribution in [-0.4, -0.2) is 57.1 Å². The number of carboxylic acid groups (broad SMARTS) is 1. The van der Waals surface area contributed by atoms with Crippen LogP contribution in [0.25, 0.3) is 0 Å². The zero-order valence-corrected chi connectivity index (χ0v) is 15.3. The van der Waals surface area contributed by atoms with Crippen LogP contribution in [0.5, 0.6) is 0 Å². The third-order valence-corrected chi connectivity index (χ3v) is 4.73. The Morgan fingerprint density at radius 1 is 1.21 bits per heavy atom. The topological polar surface area (TPSA) is 89.4 Å². The number of piperidine rings is 1. The van der Waals surface area contributed by atoms with Gasteiger partial charge in [-0.05, 0) is 43.4 Å². The maximum Gasteiger partial charge on any atom is 0.490 e. The summed E-state index contributed by atoms with van der Waals surface area (Å²) in [6.07, 6.45) is 2.62. The molecule has 0 bridgehead atoms. The minimum atomic E-state index is -5.08. The molecule has 1 aliphatic heterocycles. The summed E-state index contributed by atoms with van der Waals surface area (Å²) in [5.41, 5.74) is 1.69. The number of aromatic amines is 1. The molecule has 9 heteroatoms. The molecule has 1 aromatic heterocycles. The van der Waals surface area contributed by atoms with Crippen LogP contribution in [-0.2, 0) is 16.8 Å². The molecule has 0 aliphatic carbocycles. The van der Waals surface area contributed by atoms with Crippen LogP contribution >= 0.6 is 0 Å². The van der Waals surface area contributed by atoms with Crippen LogP contribution in [0, 0.1) is 0 Å². The van der Waals surface area contributed by atoms with Crippen LogP contribution in [0.4, 0.5) is 13.2 Å². The first-order chi connectivity index (χ1) is 13.2. The number of nitrogens with zero attached hydrogens (tertiary/aromatic N) is 2. The molecule has 0 saturated carbocycles. The van der Waals surface area contributed by atoms with Gasteiger partial charge in [-0.3, -0.25) is 5.10 Å². The lowest BCUT2D eigenvalue weighted by molar-refractivity contribution is -0.192. The van der Waals surface area contributed by atoms with Gasteiger partial charge in [0.05, 0.1) is 11.8 Å².